The predicted molar refractivity (Wildman–Crippen MR) is 132 cm³/mol. The SMILES string of the molecule is O=C(CC(Cc1nc(CCCc2ccc3c(n2)NCCC3)no1)c1cc(Cl)cc(Cl)c1)OC(=O)C(F)(F)F. The molecule has 3 aromatic rings. The van der Waals surface area contributed by atoms with Gasteiger partial charge in [-0.2, -0.15) is 18.2 Å². The van der Waals surface area contributed by atoms with Gasteiger partial charge < -0.3 is 14.6 Å². The monoisotopic (exact) mass is 570 g/mol. The summed E-state index contributed by atoms with van der Waals surface area (Å²) in [6.45, 7) is 0.911. The van der Waals surface area contributed by atoms with Gasteiger partial charge in [0.25, 0.3) is 0 Å². The third-order valence-electron chi connectivity index (χ3n) is 5.92. The molecule has 4 rings (SSSR count). The molecule has 38 heavy (non-hydrogen) atoms. The van der Waals surface area contributed by atoms with Crippen molar-refractivity contribution in [3.63, 3.8) is 0 Å². The van der Waals surface area contributed by atoms with Gasteiger partial charge in [0.05, 0.1) is 6.42 Å². The van der Waals surface area contributed by atoms with Gasteiger partial charge in [0.2, 0.25) is 5.89 Å². The molecule has 0 radical (unpaired) electrons. The first-order chi connectivity index (χ1) is 18.1. The highest BCUT2D eigenvalue weighted by atomic mass is 35.5. The number of nitrogens with one attached hydrogen (secondary N) is 1. The maximum absolute atomic E-state index is 12.5. The van der Waals surface area contributed by atoms with Gasteiger partial charge in [0, 0.05) is 41.0 Å². The molecule has 0 spiro atoms. The van der Waals surface area contributed by atoms with E-state index in [9.17, 15) is 22.8 Å². The van der Waals surface area contributed by atoms with Crippen LogP contribution in [0.2, 0.25) is 10.0 Å². The number of carbonyl (C=O) groups is 2. The summed E-state index contributed by atoms with van der Waals surface area (Å²) in [6.07, 6.45) is -1.86. The summed E-state index contributed by atoms with van der Waals surface area (Å²) < 4.78 is 46.8. The van der Waals surface area contributed by atoms with E-state index in [1.54, 1.807) is 0 Å². The third-order valence-corrected chi connectivity index (χ3v) is 6.36. The van der Waals surface area contributed by atoms with Crippen LogP contribution in [-0.4, -0.2) is 39.8 Å². The van der Waals surface area contributed by atoms with Crippen molar-refractivity contribution in [2.75, 3.05) is 11.9 Å². The van der Waals surface area contributed by atoms with Gasteiger partial charge in [-0.15, -0.1) is 0 Å². The second-order valence-electron chi connectivity index (χ2n) is 8.87. The van der Waals surface area contributed by atoms with Crippen molar-refractivity contribution in [2.45, 2.75) is 57.0 Å². The molecule has 1 aromatic carbocycles. The molecular formula is C25H23Cl2F3N4O4. The van der Waals surface area contributed by atoms with Crippen molar-refractivity contribution in [2.24, 2.45) is 0 Å². The van der Waals surface area contributed by atoms with Crippen LogP contribution in [0.1, 0.15) is 53.7 Å². The first kappa shape index (κ1) is 27.8. The Morgan fingerprint density at radius 2 is 1.87 bits per heavy atom. The van der Waals surface area contributed by atoms with Crippen LogP contribution in [0.25, 0.3) is 0 Å². The Hall–Kier alpha value is -3.18. The zero-order valence-electron chi connectivity index (χ0n) is 20.0. The molecule has 0 aliphatic carbocycles. The number of aryl methyl sites for hydroxylation is 3. The second-order valence-corrected chi connectivity index (χ2v) is 9.74. The van der Waals surface area contributed by atoms with Gasteiger partial charge >= 0.3 is 18.1 Å². The Balaban J connectivity index is 1.39. The van der Waals surface area contributed by atoms with E-state index in [0.29, 0.717) is 30.7 Å². The first-order valence-corrected chi connectivity index (χ1v) is 12.6. The minimum Gasteiger partial charge on any atom is -0.386 e. The maximum Gasteiger partial charge on any atom is 0.491 e. The molecule has 3 heterocycles. The molecule has 0 amide bonds. The number of hydrogen-bond donors (Lipinski definition) is 1. The number of carbonyl (C=O) groups excluding carboxylic acids is 2. The van der Waals surface area contributed by atoms with Gasteiger partial charge in [-0.25, -0.2) is 9.78 Å². The van der Waals surface area contributed by atoms with E-state index in [1.165, 1.54) is 23.8 Å². The van der Waals surface area contributed by atoms with E-state index in [4.69, 9.17) is 27.7 Å². The van der Waals surface area contributed by atoms with E-state index < -0.39 is 30.5 Å². The van der Waals surface area contributed by atoms with Crippen molar-refractivity contribution >= 4 is 41.0 Å². The minimum atomic E-state index is -5.29. The van der Waals surface area contributed by atoms with Crippen LogP contribution in [0.5, 0.6) is 0 Å². The third kappa shape index (κ3) is 7.67. The lowest BCUT2D eigenvalue weighted by atomic mass is 9.92. The fourth-order valence-corrected chi connectivity index (χ4v) is 4.69. The van der Waals surface area contributed by atoms with Crippen LogP contribution in [-0.2, 0) is 40.0 Å². The summed E-state index contributed by atoms with van der Waals surface area (Å²) in [7, 11) is 0. The molecule has 202 valence electrons. The summed E-state index contributed by atoms with van der Waals surface area (Å²) in [5, 5.41) is 7.80. The molecule has 0 fully saturated rings. The first-order valence-electron chi connectivity index (χ1n) is 11.9. The number of benzene rings is 1. The summed E-state index contributed by atoms with van der Waals surface area (Å²) >= 11 is 12.1. The van der Waals surface area contributed by atoms with Gasteiger partial charge in [0.1, 0.15) is 5.82 Å². The zero-order chi connectivity index (χ0) is 27.3. The predicted octanol–water partition coefficient (Wildman–Crippen LogP) is 5.65. The number of fused-ring (bicyclic) bond motifs is 1. The molecule has 1 N–H and O–H groups in total. The highest BCUT2D eigenvalue weighted by molar-refractivity contribution is 6.34. The molecule has 1 unspecified atom stereocenters. The molecule has 0 saturated heterocycles. The fraction of sp³-hybridized carbons (Fsp3) is 0.400. The van der Waals surface area contributed by atoms with Crippen molar-refractivity contribution in [3.8, 4) is 0 Å². The lowest BCUT2D eigenvalue weighted by Crippen LogP contribution is -2.28. The van der Waals surface area contributed by atoms with Crippen molar-refractivity contribution in [1.82, 2.24) is 15.1 Å². The summed E-state index contributed by atoms with van der Waals surface area (Å²) in [6, 6.07) is 8.58. The highest BCUT2D eigenvalue weighted by Crippen LogP contribution is 2.30. The van der Waals surface area contributed by atoms with Crippen LogP contribution >= 0.6 is 23.2 Å². The largest absolute Gasteiger partial charge is 0.491 e. The Kier molecular flexibility index (Phi) is 8.88. The number of hydrogen-bond acceptors (Lipinski definition) is 8. The number of esters is 2. The van der Waals surface area contributed by atoms with E-state index in [0.717, 1.165) is 30.9 Å². The maximum atomic E-state index is 12.5. The van der Waals surface area contributed by atoms with Crippen LogP contribution in [0.15, 0.2) is 34.9 Å². The highest BCUT2D eigenvalue weighted by Gasteiger charge is 2.42. The summed E-state index contributed by atoms with van der Waals surface area (Å²) in [5.74, 6) is -3.21. The van der Waals surface area contributed by atoms with Gasteiger partial charge in [-0.3, -0.25) is 4.79 Å². The van der Waals surface area contributed by atoms with Crippen LogP contribution in [0.4, 0.5) is 19.0 Å². The Morgan fingerprint density at radius 3 is 2.61 bits per heavy atom. The topological polar surface area (TPSA) is 107 Å². The molecule has 13 heteroatoms. The average molecular weight is 571 g/mol. The standard InChI is InChI=1S/C25H23Cl2F3N4O4/c26-17-9-15(10-18(27)13-17)16(12-22(35)37-24(36)25(28,29)30)11-21-33-20(34-38-21)5-1-4-19-7-6-14-3-2-8-31-23(14)32-19/h6-7,9-10,13,16H,1-5,8,11-12H2,(H,31,32). The molecule has 0 saturated carbocycles. The molecule has 0 bridgehead atoms. The van der Waals surface area contributed by atoms with Crippen molar-refractivity contribution < 1.29 is 32.0 Å². The Labute approximate surface area is 225 Å². The fourth-order valence-electron chi connectivity index (χ4n) is 4.14. The number of anilines is 1. The number of ether oxygens (including phenoxy) is 1. The Morgan fingerprint density at radius 1 is 1.11 bits per heavy atom. The van der Waals surface area contributed by atoms with Crippen LogP contribution < -0.4 is 5.32 Å². The molecule has 8 nitrogen and oxygen atoms in total. The number of pyridine rings is 1. The molecular weight excluding hydrogens is 548 g/mol. The molecule has 1 aliphatic rings. The second kappa shape index (κ2) is 12.1. The van der Waals surface area contributed by atoms with E-state index >= 15 is 0 Å². The number of halogens is 5. The van der Waals surface area contributed by atoms with Crippen molar-refractivity contribution in [3.05, 3.63) is 68.9 Å². The number of rotatable bonds is 9. The molecule has 2 aromatic heterocycles. The van der Waals surface area contributed by atoms with E-state index in [-0.39, 0.29) is 22.4 Å². The minimum absolute atomic E-state index is 0.0168. The van der Waals surface area contributed by atoms with E-state index in [1.807, 2.05) is 6.07 Å². The van der Waals surface area contributed by atoms with Gasteiger partial charge in [-0.1, -0.05) is 34.4 Å². The average Bonchev–Trinajstić information content (AvgIpc) is 3.29. The summed E-state index contributed by atoms with van der Waals surface area (Å²) in [4.78, 5) is 32.2. The molecule has 1 atom stereocenters. The number of aromatic nitrogens is 3. The normalized spacial score (nSPS) is 13.9. The quantitative estimate of drug-likeness (QED) is 0.259. The number of nitrogens with zero attached hydrogens (tertiary/aromatic N) is 3. The van der Waals surface area contributed by atoms with Gasteiger partial charge in [0.15, 0.2) is 5.82 Å². The van der Waals surface area contributed by atoms with E-state index in [2.05, 4.69) is 31.2 Å². The summed E-state index contributed by atoms with van der Waals surface area (Å²) in [5.41, 5.74) is 2.60. The number of alkyl halides is 3. The van der Waals surface area contributed by atoms with Crippen LogP contribution in [0, 0.1) is 0 Å². The lowest BCUT2D eigenvalue weighted by Gasteiger charge is -2.17. The Bertz CT molecular complexity index is 1300. The zero-order valence-corrected chi connectivity index (χ0v) is 21.5. The van der Waals surface area contributed by atoms with Crippen molar-refractivity contribution in [1.29, 1.82) is 0 Å². The smallest absolute Gasteiger partial charge is 0.386 e. The van der Waals surface area contributed by atoms with Gasteiger partial charge in [-0.05, 0) is 61.1 Å². The van der Waals surface area contributed by atoms with Crippen LogP contribution in [0.3, 0.4) is 0 Å². The lowest BCUT2D eigenvalue weighted by molar-refractivity contribution is -0.202. The molecule has 1 aliphatic heterocycles.